The number of carbonyl (C=O) groups is 1. The fraction of sp³-hybridized carbons (Fsp3) is 0.692. The minimum Gasteiger partial charge on any atom is -0.382 e. The summed E-state index contributed by atoms with van der Waals surface area (Å²) in [6.45, 7) is 0.861. The van der Waals surface area contributed by atoms with Crippen LogP contribution < -0.4 is 16.4 Å². The van der Waals surface area contributed by atoms with Crippen molar-refractivity contribution in [2.75, 3.05) is 29.6 Å². The highest BCUT2D eigenvalue weighted by Gasteiger charge is 2.27. The molecule has 1 aromatic heterocycles. The van der Waals surface area contributed by atoms with Crippen molar-refractivity contribution in [1.29, 1.82) is 0 Å². The molecule has 1 heterocycles. The lowest BCUT2D eigenvalue weighted by Crippen LogP contribution is -2.26. The minimum absolute atomic E-state index is 0.0939. The first-order valence-corrected chi connectivity index (χ1v) is 9.18. The van der Waals surface area contributed by atoms with E-state index in [1.807, 2.05) is 11.8 Å². The van der Waals surface area contributed by atoms with Crippen molar-refractivity contribution in [2.45, 2.75) is 38.1 Å². The van der Waals surface area contributed by atoms with Crippen LogP contribution in [-0.2, 0) is 0 Å². The lowest BCUT2D eigenvalue weighted by atomic mass is 10.2. The Morgan fingerprint density at radius 3 is 2.95 bits per heavy atom. The van der Waals surface area contributed by atoms with Gasteiger partial charge in [0.05, 0.1) is 0 Å². The van der Waals surface area contributed by atoms with E-state index in [0.717, 1.165) is 30.8 Å². The number of thioether (sulfide) groups is 1. The maximum Gasteiger partial charge on any atom is 0.258 e. The van der Waals surface area contributed by atoms with Crippen molar-refractivity contribution in [3.8, 4) is 0 Å². The number of carbonyl (C=O) groups excluding carboxylic acids is 1. The maximum absolute atomic E-state index is 12.1. The summed E-state index contributed by atoms with van der Waals surface area (Å²) in [4.78, 5) is 12.1. The van der Waals surface area contributed by atoms with E-state index < -0.39 is 0 Å². The highest BCUT2D eigenvalue weighted by Crippen LogP contribution is 2.28. The van der Waals surface area contributed by atoms with Crippen LogP contribution in [0.4, 0.5) is 10.8 Å². The number of amides is 1. The van der Waals surface area contributed by atoms with E-state index in [2.05, 4.69) is 21.3 Å². The second-order valence-electron chi connectivity index (χ2n) is 5.00. The quantitative estimate of drug-likeness (QED) is 0.610. The largest absolute Gasteiger partial charge is 0.382 e. The molecule has 0 radical (unpaired) electrons. The maximum atomic E-state index is 12.1. The number of hydrogen-bond donors (Lipinski definition) is 3. The molecule has 0 bridgehead atoms. The third-order valence-electron chi connectivity index (χ3n) is 3.17. The molecule has 0 unspecified atom stereocenters. The van der Waals surface area contributed by atoms with E-state index in [9.17, 15) is 4.79 Å². The van der Waals surface area contributed by atoms with E-state index in [1.54, 1.807) is 0 Å². The molecule has 2 rings (SSSR count). The molecule has 5 nitrogen and oxygen atoms in total. The van der Waals surface area contributed by atoms with Gasteiger partial charge in [0.2, 0.25) is 0 Å². The first-order valence-electron chi connectivity index (χ1n) is 7.01. The molecule has 4 N–H and O–H groups in total. The lowest BCUT2D eigenvalue weighted by Gasteiger charge is -2.07. The number of nitrogen functional groups attached to an aromatic ring is 1. The summed E-state index contributed by atoms with van der Waals surface area (Å²) < 4.78 is 4.09. The van der Waals surface area contributed by atoms with Gasteiger partial charge in [0.1, 0.15) is 10.6 Å². The smallest absolute Gasteiger partial charge is 0.258 e. The third kappa shape index (κ3) is 4.56. The zero-order valence-corrected chi connectivity index (χ0v) is 13.4. The molecular formula is C13H22N4OS2. The van der Waals surface area contributed by atoms with Gasteiger partial charge in [-0.3, -0.25) is 4.79 Å². The molecule has 0 aromatic carbocycles. The Bertz CT molecular complexity index is 446. The van der Waals surface area contributed by atoms with Gasteiger partial charge in [-0.2, -0.15) is 16.1 Å². The van der Waals surface area contributed by atoms with Gasteiger partial charge in [-0.1, -0.05) is 6.42 Å². The van der Waals surface area contributed by atoms with Crippen LogP contribution in [0.5, 0.6) is 0 Å². The van der Waals surface area contributed by atoms with Gasteiger partial charge in [0.15, 0.2) is 5.82 Å². The fourth-order valence-corrected chi connectivity index (χ4v) is 3.11. The van der Waals surface area contributed by atoms with E-state index in [4.69, 9.17) is 5.73 Å². The Morgan fingerprint density at radius 2 is 2.25 bits per heavy atom. The van der Waals surface area contributed by atoms with Crippen LogP contribution in [0.2, 0.25) is 0 Å². The lowest BCUT2D eigenvalue weighted by molar-refractivity contribution is 0.0953. The molecular weight excluding hydrogens is 292 g/mol. The first-order chi connectivity index (χ1) is 9.72. The summed E-state index contributed by atoms with van der Waals surface area (Å²) in [5.74, 6) is 1.45. The normalized spacial score (nSPS) is 14.2. The molecule has 7 heteroatoms. The summed E-state index contributed by atoms with van der Waals surface area (Å²) in [5.41, 5.74) is 6.32. The molecule has 1 amide bonds. The van der Waals surface area contributed by atoms with Gasteiger partial charge in [-0.15, -0.1) is 0 Å². The minimum atomic E-state index is -0.0939. The average Bonchev–Trinajstić information content (AvgIpc) is 3.15. The topological polar surface area (TPSA) is 80.0 Å². The predicted molar refractivity (Wildman–Crippen MR) is 87.7 cm³/mol. The number of nitrogens with one attached hydrogen (secondary N) is 2. The van der Waals surface area contributed by atoms with Gasteiger partial charge >= 0.3 is 0 Å². The molecule has 1 aliphatic carbocycles. The fourth-order valence-electron chi connectivity index (χ4n) is 1.88. The van der Waals surface area contributed by atoms with Crippen LogP contribution in [0.25, 0.3) is 0 Å². The van der Waals surface area contributed by atoms with Crippen molar-refractivity contribution in [2.24, 2.45) is 0 Å². The second-order valence-corrected chi connectivity index (χ2v) is 6.76. The molecule has 20 heavy (non-hydrogen) atoms. The van der Waals surface area contributed by atoms with Crippen LogP contribution in [0.15, 0.2) is 0 Å². The summed E-state index contributed by atoms with van der Waals surface area (Å²) in [5, 5.41) is 7.05. The summed E-state index contributed by atoms with van der Waals surface area (Å²) in [6, 6.07) is 0.334. The summed E-state index contributed by atoms with van der Waals surface area (Å²) in [6.07, 6.45) is 7.81. The Kier molecular flexibility index (Phi) is 5.97. The van der Waals surface area contributed by atoms with Crippen LogP contribution in [-0.4, -0.2) is 34.9 Å². The molecule has 1 fully saturated rings. The van der Waals surface area contributed by atoms with Gasteiger partial charge in [0, 0.05) is 12.6 Å². The number of rotatable bonds is 9. The van der Waals surface area contributed by atoms with Gasteiger partial charge in [-0.25, -0.2) is 0 Å². The number of unbranched alkanes of at least 4 members (excludes halogenated alkanes) is 2. The SMILES string of the molecule is CSCCCCCNc1snc(N)c1C(=O)NC1CC1. The van der Waals surface area contributed by atoms with Crippen molar-refractivity contribution >= 4 is 40.0 Å². The van der Waals surface area contributed by atoms with Crippen LogP contribution in [0, 0.1) is 0 Å². The van der Waals surface area contributed by atoms with Crippen LogP contribution in [0.3, 0.4) is 0 Å². The Balaban J connectivity index is 1.80. The zero-order valence-electron chi connectivity index (χ0n) is 11.8. The van der Waals surface area contributed by atoms with E-state index >= 15 is 0 Å². The number of nitrogens with two attached hydrogens (primary N) is 1. The standard InChI is InChI=1S/C13H22N4OS2/c1-19-8-4-2-3-7-15-13-10(11(14)17-20-13)12(18)16-9-5-6-9/h9,15H,2-8H2,1H3,(H2,14,17)(H,16,18). The van der Waals surface area contributed by atoms with E-state index in [1.165, 1.54) is 30.1 Å². The van der Waals surface area contributed by atoms with Crippen molar-refractivity contribution in [1.82, 2.24) is 9.69 Å². The Labute approximate surface area is 128 Å². The molecule has 1 aliphatic rings. The van der Waals surface area contributed by atoms with Crippen molar-refractivity contribution in [3.63, 3.8) is 0 Å². The molecule has 0 saturated heterocycles. The number of aromatic nitrogens is 1. The monoisotopic (exact) mass is 314 g/mol. The van der Waals surface area contributed by atoms with Crippen molar-refractivity contribution in [3.05, 3.63) is 5.56 Å². The van der Waals surface area contributed by atoms with Crippen LogP contribution >= 0.6 is 23.3 Å². The average molecular weight is 314 g/mol. The molecule has 0 aliphatic heterocycles. The van der Waals surface area contributed by atoms with Gasteiger partial charge in [-0.05, 0) is 49.2 Å². The zero-order chi connectivity index (χ0) is 14.4. The molecule has 0 atom stereocenters. The Morgan fingerprint density at radius 1 is 1.45 bits per heavy atom. The van der Waals surface area contributed by atoms with Crippen LogP contribution in [0.1, 0.15) is 42.5 Å². The van der Waals surface area contributed by atoms with Gasteiger partial charge < -0.3 is 16.4 Å². The molecule has 0 spiro atoms. The number of hydrogen-bond acceptors (Lipinski definition) is 6. The second kappa shape index (κ2) is 7.73. The number of nitrogens with zero attached hydrogens (tertiary/aromatic N) is 1. The Hall–Kier alpha value is -0.950. The molecule has 112 valence electrons. The highest BCUT2D eigenvalue weighted by atomic mass is 32.2. The third-order valence-corrected chi connectivity index (χ3v) is 4.68. The summed E-state index contributed by atoms with van der Waals surface area (Å²) in [7, 11) is 0. The van der Waals surface area contributed by atoms with Gasteiger partial charge in [0.25, 0.3) is 5.91 Å². The molecule has 1 saturated carbocycles. The molecule has 1 aromatic rings. The highest BCUT2D eigenvalue weighted by molar-refractivity contribution is 7.98. The first kappa shape index (κ1) is 15.4. The van der Waals surface area contributed by atoms with Crippen molar-refractivity contribution < 1.29 is 4.79 Å². The number of anilines is 2. The van der Waals surface area contributed by atoms with E-state index in [0.29, 0.717) is 17.4 Å². The van der Waals surface area contributed by atoms with E-state index in [-0.39, 0.29) is 5.91 Å². The predicted octanol–water partition coefficient (Wildman–Crippen LogP) is 2.56. The summed E-state index contributed by atoms with van der Waals surface area (Å²) >= 11 is 3.15.